The van der Waals surface area contributed by atoms with Gasteiger partial charge in [-0.05, 0) is 19.8 Å². The van der Waals surface area contributed by atoms with Crippen LogP contribution in [-0.2, 0) is 0 Å². The van der Waals surface area contributed by atoms with Gasteiger partial charge in [-0.3, -0.25) is 0 Å². The van der Waals surface area contributed by atoms with Crippen LogP contribution in [0.1, 0.15) is 32.5 Å². The Morgan fingerprint density at radius 1 is 1.42 bits per heavy atom. The van der Waals surface area contributed by atoms with Crippen molar-refractivity contribution >= 4 is 6.01 Å². The molecular weight excluding hydrogens is 154 g/mol. The summed E-state index contributed by atoms with van der Waals surface area (Å²) >= 11 is 0. The lowest BCUT2D eigenvalue weighted by Crippen LogP contribution is -2.16. The zero-order valence-corrected chi connectivity index (χ0v) is 7.79. The zero-order valence-electron chi connectivity index (χ0n) is 7.79. The molecule has 1 aromatic rings. The number of nitrogens with one attached hydrogen (secondary N) is 1. The standard InChI is InChI=1S/C8H15N3O/c1-4-7(5-2)10-8-9-6(3)11-12-8/h7H,4-5H2,1-3H3,(H,9,10,11). The third kappa shape index (κ3) is 2.22. The fraction of sp³-hybridized carbons (Fsp3) is 0.750. The summed E-state index contributed by atoms with van der Waals surface area (Å²) in [5.74, 6) is 0.670. The average Bonchev–Trinajstić information content (AvgIpc) is 2.47. The molecule has 12 heavy (non-hydrogen) atoms. The molecule has 68 valence electrons. The van der Waals surface area contributed by atoms with Crippen LogP contribution in [0.25, 0.3) is 0 Å². The molecule has 1 N–H and O–H groups in total. The maximum Gasteiger partial charge on any atom is 0.321 e. The molecule has 4 heteroatoms. The molecule has 4 nitrogen and oxygen atoms in total. The number of hydrogen-bond donors (Lipinski definition) is 1. The van der Waals surface area contributed by atoms with Crippen LogP contribution in [0.2, 0.25) is 0 Å². The summed E-state index contributed by atoms with van der Waals surface area (Å²) in [7, 11) is 0. The highest BCUT2D eigenvalue weighted by Gasteiger charge is 2.07. The number of rotatable bonds is 4. The summed E-state index contributed by atoms with van der Waals surface area (Å²) in [6.45, 7) is 6.07. The molecule has 0 aliphatic rings. The maximum absolute atomic E-state index is 4.93. The third-order valence-electron chi connectivity index (χ3n) is 1.84. The maximum atomic E-state index is 4.93. The lowest BCUT2D eigenvalue weighted by molar-refractivity contribution is 0.419. The minimum Gasteiger partial charge on any atom is -0.335 e. The quantitative estimate of drug-likeness (QED) is 0.748. The van der Waals surface area contributed by atoms with Gasteiger partial charge in [-0.2, -0.15) is 4.98 Å². The van der Waals surface area contributed by atoms with Crippen molar-refractivity contribution in [3.8, 4) is 0 Å². The average molecular weight is 169 g/mol. The van der Waals surface area contributed by atoms with Crippen LogP contribution >= 0.6 is 0 Å². The molecule has 0 bridgehead atoms. The van der Waals surface area contributed by atoms with Gasteiger partial charge in [-0.15, -0.1) is 0 Å². The van der Waals surface area contributed by atoms with E-state index in [1.54, 1.807) is 0 Å². The topological polar surface area (TPSA) is 51.0 Å². The Bertz CT molecular complexity index is 230. The van der Waals surface area contributed by atoms with E-state index in [1.165, 1.54) is 0 Å². The van der Waals surface area contributed by atoms with Gasteiger partial charge in [0.05, 0.1) is 0 Å². The molecule has 0 aromatic carbocycles. The van der Waals surface area contributed by atoms with E-state index in [-0.39, 0.29) is 0 Å². The Morgan fingerprint density at radius 2 is 2.08 bits per heavy atom. The van der Waals surface area contributed by atoms with Crippen LogP contribution in [0.15, 0.2) is 4.52 Å². The van der Waals surface area contributed by atoms with E-state index >= 15 is 0 Å². The third-order valence-corrected chi connectivity index (χ3v) is 1.84. The monoisotopic (exact) mass is 169 g/mol. The fourth-order valence-electron chi connectivity index (χ4n) is 1.02. The number of nitrogens with zero attached hydrogens (tertiary/aromatic N) is 2. The van der Waals surface area contributed by atoms with Crippen LogP contribution in [0.5, 0.6) is 0 Å². The van der Waals surface area contributed by atoms with Crippen molar-refractivity contribution in [1.29, 1.82) is 0 Å². The molecule has 1 rings (SSSR count). The highest BCUT2D eigenvalue weighted by atomic mass is 16.5. The fourth-order valence-corrected chi connectivity index (χ4v) is 1.02. The Kier molecular flexibility index (Phi) is 3.08. The number of hydrogen-bond acceptors (Lipinski definition) is 4. The Hall–Kier alpha value is -1.06. The largest absolute Gasteiger partial charge is 0.335 e. The van der Waals surface area contributed by atoms with E-state index in [9.17, 15) is 0 Å². The normalized spacial score (nSPS) is 10.7. The van der Waals surface area contributed by atoms with E-state index in [0.717, 1.165) is 12.8 Å². The molecule has 0 saturated heterocycles. The Labute approximate surface area is 72.4 Å². The van der Waals surface area contributed by atoms with Gasteiger partial charge >= 0.3 is 6.01 Å². The van der Waals surface area contributed by atoms with Crippen LogP contribution in [0.4, 0.5) is 6.01 Å². The van der Waals surface area contributed by atoms with Gasteiger partial charge in [0.2, 0.25) is 0 Å². The molecule has 0 atom stereocenters. The SMILES string of the molecule is CCC(CC)Nc1nc(C)no1. The highest BCUT2D eigenvalue weighted by Crippen LogP contribution is 2.08. The summed E-state index contributed by atoms with van der Waals surface area (Å²) < 4.78 is 4.93. The number of anilines is 1. The Morgan fingerprint density at radius 3 is 2.50 bits per heavy atom. The highest BCUT2D eigenvalue weighted by molar-refractivity contribution is 5.19. The smallest absolute Gasteiger partial charge is 0.321 e. The molecular formula is C8H15N3O. The summed E-state index contributed by atoms with van der Waals surface area (Å²) in [4.78, 5) is 4.06. The molecule has 0 aliphatic carbocycles. The van der Waals surface area contributed by atoms with Crippen LogP contribution < -0.4 is 5.32 Å². The second-order valence-electron chi connectivity index (χ2n) is 2.80. The minimum absolute atomic E-state index is 0.435. The predicted octanol–water partition coefficient (Wildman–Crippen LogP) is 1.98. The lowest BCUT2D eigenvalue weighted by Gasteiger charge is -2.11. The first-order valence-electron chi connectivity index (χ1n) is 4.33. The van der Waals surface area contributed by atoms with E-state index in [0.29, 0.717) is 17.9 Å². The van der Waals surface area contributed by atoms with Crippen LogP contribution in [0.3, 0.4) is 0 Å². The summed E-state index contributed by atoms with van der Waals surface area (Å²) in [5.41, 5.74) is 0. The Balaban J connectivity index is 2.50. The van der Waals surface area contributed by atoms with Crippen molar-refractivity contribution < 1.29 is 4.52 Å². The molecule has 0 radical (unpaired) electrons. The van der Waals surface area contributed by atoms with Gasteiger partial charge in [-0.25, -0.2) is 0 Å². The van der Waals surface area contributed by atoms with Crippen LogP contribution in [-0.4, -0.2) is 16.2 Å². The first-order chi connectivity index (χ1) is 5.76. The molecule has 1 aromatic heterocycles. The van der Waals surface area contributed by atoms with Crippen molar-refractivity contribution in [1.82, 2.24) is 10.1 Å². The zero-order chi connectivity index (χ0) is 8.97. The van der Waals surface area contributed by atoms with Gasteiger partial charge in [-0.1, -0.05) is 19.0 Å². The number of aryl methyl sites for hydroxylation is 1. The van der Waals surface area contributed by atoms with Gasteiger partial charge in [0.15, 0.2) is 5.82 Å². The first kappa shape index (κ1) is 9.03. The van der Waals surface area contributed by atoms with Gasteiger partial charge in [0.1, 0.15) is 0 Å². The molecule has 0 aliphatic heterocycles. The molecule has 0 spiro atoms. The van der Waals surface area contributed by atoms with Crippen molar-refractivity contribution in [3.05, 3.63) is 5.82 Å². The van der Waals surface area contributed by atoms with Gasteiger partial charge in [0, 0.05) is 6.04 Å². The van der Waals surface area contributed by atoms with Crippen molar-refractivity contribution in [2.24, 2.45) is 0 Å². The van der Waals surface area contributed by atoms with Gasteiger partial charge < -0.3 is 9.84 Å². The van der Waals surface area contributed by atoms with Crippen molar-refractivity contribution in [2.75, 3.05) is 5.32 Å². The van der Waals surface area contributed by atoms with E-state index in [4.69, 9.17) is 4.52 Å². The predicted molar refractivity (Wildman–Crippen MR) is 47.0 cm³/mol. The molecule has 0 saturated carbocycles. The molecule has 0 fully saturated rings. The van der Waals surface area contributed by atoms with Crippen molar-refractivity contribution in [3.63, 3.8) is 0 Å². The second-order valence-corrected chi connectivity index (χ2v) is 2.80. The molecule has 0 unspecified atom stereocenters. The first-order valence-corrected chi connectivity index (χ1v) is 4.33. The lowest BCUT2D eigenvalue weighted by atomic mass is 10.2. The summed E-state index contributed by atoms with van der Waals surface area (Å²) in [6, 6.07) is 0.964. The summed E-state index contributed by atoms with van der Waals surface area (Å²) in [6.07, 6.45) is 2.13. The summed E-state index contributed by atoms with van der Waals surface area (Å²) in [5, 5.41) is 6.85. The van der Waals surface area contributed by atoms with Gasteiger partial charge in [0.25, 0.3) is 0 Å². The van der Waals surface area contributed by atoms with E-state index in [1.807, 2.05) is 6.92 Å². The molecule has 1 heterocycles. The number of aromatic nitrogens is 2. The van der Waals surface area contributed by atoms with Crippen molar-refractivity contribution in [2.45, 2.75) is 39.7 Å². The van der Waals surface area contributed by atoms with Crippen LogP contribution in [0, 0.1) is 6.92 Å². The minimum atomic E-state index is 0.435. The molecule has 0 amide bonds. The second kappa shape index (κ2) is 4.09. The van der Waals surface area contributed by atoms with E-state index < -0.39 is 0 Å². The van der Waals surface area contributed by atoms with E-state index in [2.05, 4.69) is 29.3 Å².